The maximum Gasteiger partial charge on any atom is 0.420 e. The maximum absolute atomic E-state index is 12.3. The summed E-state index contributed by atoms with van der Waals surface area (Å²) in [6.45, 7) is 0. The molecule has 0 aliphatic rings. The summed E-state index contributed by atoms with van der Waals surface area (Å²) >= 11 is 0. The summed E-state index contributed by atoms with van der Waals surface area (Å²) in [7, 11) is 0. The fraction of sp³-hybridized carbons (Fsp3) is 0.125. The molecule has 0 amide bonds. The molecule has 0 aliphatic carbocycles. The number of nitrogens with zero attached hydrogens (tertiary/aromatic N) is 2. The van der Waals surface area contributed by atoms with Gasteiger partial charge in [-0.05, 0) is 6.07 Å². The summed E-state index contributed by atoms with van der Waals surface area (Å²) in [4.78, 5) is 9.15. The first-order chi connectivity index (χ1) is 7.27. The van der Waals surface area contributed by atoms with Crippen LogP contribution in [0.4, 0.5) is 18.9 Å². The predicted octanol–water partition coefficient (Wildman–Crippen LogP) is 2.19. The predicted molar refractivity (Wildman–Crippen MR) is 44.5 cm³/mol. The second-order valence-corrected chi connectivity index (χ2v) is 2.76. The molecular weight excluding hydrogens is 229 g/mol. The summed E-state index contributed by atoms with van der Waals surface area (Å²) in [5, 5.41) is 27.8. The van der Waals surface area contributed by atoms with Gasteiger partial charge in [-0.3, -0.25) is 10.1 Å². The zero-order valence-corrected chi connectivity index (χ0v) is 7.45. The van der Waals surface area contributed by atoms with E-state index in [0.29, 0.717) is 12.1 Å². The van der Waals surface area contributed by atoms with Crippen molar-refractivity contribution in [3.63, 3.8) is 0 Å². The number of alkyl halides is 3. The van der Waals surface area contributed by atoms with Gasteiger partial charge >= 0.3 is 11.9 Å². The number of aromatic hydroxyl groups is 1. The molecule has 1 aromatic rings. The maximum atomic E-state index is 12.3. The number of hydrogen-bond acceptors (Lipinski definition) is 4. The van der Waals surface area contributed by atoms with Crippen LogP contribution in [0, 0.1) is 21.4 Å². The van der Waals surface area contributed by atoms with Crippen molar-refractivity contribution in [1.29, 1.82) is 5.26 Å². The van der Waals surface area contributed by atoms with E-state index in [2.05, 4.69) is 0 Å². The van der Waals surface area contributed by atoms with Crippen molar-refractivity contribution < 1.29 is 23.2 Å². The van der Waals surface area contributed by atoms with Gasteiger partial charge in [0.15, 0.2) is 0 Å². The lowest BCUT2D eigenvalue weighted by Gasteiger charge is -2.08. The minimum absolute atomic E-state index is 0.350. The van der Waals surface area contributed by atoms with Gasteiger partial charge in [-0.1, -0.05) is 0 Å². The van der Waals surface area contributed by atoms with E-state index in [1.807, 2.05) is 0 Å². The molecule has 0 atom stereocenters. The molecule has 0 saturated heterocycles. The standard InChI is InChI=1S/C8H3F3N2O3/c9-8(10,11)5-1-4(3-12)2-6(7(5)14)13(15)16/h1-2,14H. The molecule has 0 fully saturated rings. The van der Waals surface area contributed by atoms with Gasteiger partial charge in [0.2, 0.25) is 5.75 Å². The number of hydrogen-bond donors (Lipinski definition) is 1. The van der Waals surface area contributed by atoms with Crippen LogP contribution in [0.2, 0.25) is 0 Å². The van der Waals surface area contributed by atoms with Crippen LogP contribution in [-0.4, -0.2) is 10.0 Å². The molecule has 0 aliphatic heterocycles. The molecule has 0 unspecified atom stereocenters. The number of nitro groups is 1. The number of halogens is 3. The van der Waals surface area contributed by atoms with Crippen LogP contribution in [0.25, 0.3) is 0 Å². The number of nitriles is 1. The molecule has 0 heterocycles. The second kappa shape index (κ2) is 3.69. The van der Waals surface area contributed by atoms with Gasteiger partial charge in [-0.25, -0.2) is 0 Å². The largest absolute Gasteiger partial charge is 0.502 e. The Kier molecular flexibility index (Phi) is 2.72. The Morgan fingerprint density at radius 2 is 2.00 bits per heavy atom. The molecule has 0 aromatic heterocycles. The lowest BCUT2D eigenvalue weighted by Crippen LogP contribution is -2.07. The van der Waals surface area contributed by atoms with Crippen LogP contribution in [-0.2, 0) is 6.18 Å². The van der Waals surface area contributed by atoms with Gasteiger partial charge in [0.25, 0.3) is 0 Å². The Morgan fingerprint density at radius 1 is 1.44 bits per heavy atom. The Bertz CT molecular complexity index is 491. The van der Waals surface area contributed by atoms with Crippen molar-refractivity contribution in [1.82, 2.24) is 0 Å². The monoisotopic (exact) mass is 232 g/mol. The lowest BCUT2D eigenvalue weighted by molar-refractivity contribution is -0.386. The fourth-order valence-corrected chi connectivity index (χ4v) is 1.04. The summed E-state index contributed by atoms with van der Waals surface area (Å²) in [5.41, 5.74) is -3.29. The minimum atomic E-state index is -4.96. The highest BCUT2D eigenvalue weighted by molar-refractivity contribution is 5.56. The summed E-state index contributed by atoms with van der Waals surface area (Å²) in [5.74, 6) is -1.49. The zero-order chi connectivity index (χ0) is 12.5. The van der Waals surface area contributed by atoms with Crippen LogP contribution < -0.4 is 0 Å². The van der Waals surface area contributed by atoms with Crippen molar-refractivity contribution in [2.24, 2.45) is 0 Å². The number of rotatable bonds is 1. The number of phenolic OH excluding ortho intramolecular Hbond substituents is 1. The average molecular weight is 232 g/mol. The van der Waals surface area contributed by atoms with Gasteiger partial charge in [0.1, 0.15) is 5.56 Å². The Hall–Kier alpha value is -2.30. The molecule has 1 aromatic carbocycles. The van der Waals surface area contributed by atoms with E-state index < -0.39 is 33.7 Å². The first-order valence-corrected chi connectivity index (χ1v) is 3.76. The summed E-state index contributed by atoms with van der Waals surface area (Å²) < 4.78 is 36.9. The Balaban J connectivity index is 3.58. The van der Waals surface area contributed by atoms with Crippen LogP contribution in [0.3, 0.4) is 0 Å². The molecule has 84 valence electrons. The molecule has 1 rings (SSSR count). The number of nitro benzene ring substituents is 1. The van der Waals surface area contributed by atoms with Gasteiger partial charge in [-0.2, -0.15) is 18.4 Å². The molecule has 0 saturated carbocycles. The highest BCUT2D eigenvalue weighted by Crippen LogP contribution is 2.41. The SMILES string of the molecule is N#Cc1cc([N+](=O)[O-])c(O)c(C(F)(F)F)c1. The molecular formula is C8H3F3N2O3. The molecule has 8 heteroatoms. The highest BCUT2D eigenvalue weighted by Gasteiger charge is 2.37. The number of phenols is 1. The molecule has 0 bridgehead atoms. The number of benzene rings is 1. The molecule has 1 N–H and O–H groups in total. The quantitative estimate of drug-likeness (QED) is 0.593. The lowest BCUT2D eigenvalue weighted by atomic mass is 10.1. The third-order valence-electron chi connectivity index (χ3n) is 1.72. The molecule has 0 radical (unpaired) electrons. The third-order valence-corrected chi connectivity index (χ3v) is 1.72. The van der Waals surface area contributed by atoms with E-state index in [4.69, 9.17) is 10.4 Å². The van der Waals surface area contributed by atoms with Gasteiger partial charge in [0.05, 0.1) is 16.6 Å². The first kappa shape index (κ1) is 11.8. The van der Waals surface area contributed by atoms with E-state index in [-0.39, 0.29) is 0 Å². The normalized spacial score (nSPS) is 10.9. The summed E-state index contributed by atoms with van der Waals surface area (Å²) in [6.07, 6.45) is -4.96. The van der Waals surface area contributed by atoms with Crippen LogP contribution >= 0.6 is 0 Å². The van der Waals surface area contributed by atoms with E-state index in [0.717, 1.165) is 0 Å². The van der Waals surface area contributed by atoms with Crippen LogP contribution in [0.5, 0.6) is 5.75 Å². The van der Waals surface area contributed by atoms with E-state index >= 15 is 0 Å². The first-order valence-electron chi connectivity index (χ1n) is 3.76. The summed E-state index contributed by atoms with van der Waals surface area (Å²) in [6, 6.07) is 2.27. The molecule has 16 heavy (non-hydrogen) atoms. The zero-order valence-electron chi connectivity index (χ0n) is 7.45. The Morgan fingerprint density at radius 3 is 2.38 bits per heavy atom. The van der Waals surface area contributed by atoms with Crippen molar-refractivity contribution >= 4 is 5.69 Å². The Labute approximate surface area is 86.5 Å². The van der Waals surface area contributed by atoms with E-state index in [1.54, 1.807) is 0 Å². The third kappa shape index (κ3) is 2.03. The highest BCUT2D eigenvalue weighted by atomic mass is 19.4. The smallest absolute Gasteiger partial charge is 0.420 e. The van der Waals surface area contributed by atoms with E-state index in [9.17, 15) is 23.3 Å². The van der Waals surface area contributed by atoms with Gasteiger partial charge in [-0.15, -0.1) is 0 Å². The van der Waals surface area contributed by atoms with Gasteiger partial charge < -0.3 is 5.11 Å². The topological polar surface area (TPSA) is 87.2 Å². The van der Waals surface area contributed by atoms with Crippen molar-refractivity contribution in [2.45, 2.75) is 6.18 Å². The van der Waals surface area contributed by atoms with Crippen LogP contribution in [0.15, 0.2) is 12.1 Å². The van der Waals surface area contributed by atoms with Crippen molar-refractivity contribution in [3.8, 4) is 11.8 Å². The van der Waals surface area contributed by atoms with Crippen LogP contribution in [0.1, 0.15) is 11.1 Å². The minimum Gasteiger partial charge on any atom is -0.502 e. The average Bonchev–Trinajstić information content (AvgIpc) is 2.15. The van der Waals surface area contributed by atoms with Crippen molar-refractivity contribution in [3.05, 3.63) is 33.4 Å². The van der Waals surface area contributed by atoms with E-state index in [1.165, 1.54) is 6.07 Å². The molecule has 0 spiro atoms. The fourth-order valence-electron chi connectivity index (χ4n) is 1.04. The molecule has 5 nitrogen and oxygen atoms in total. The van der Waals surface area contributed by atoms with Gasteiger partial charge in [0, 0.05) is 6.07 Å². The second-order valence-electron chi connectivity index (χ2n) is 2.76. The van der Waals surface area contributed by atoms with Crippen molar-refractivity contribution in [2.75, 3.05) is 0 Å².